The lowest BCUT2D eigenvalue weighted by Gasteiger charge is -2.49. The zero-order valence-electron chi connectivity index (χ0n) is 20.1. The van der Waals surface area contributed by atoms with Crippen LogP contribution in [0, 0.1) is 35.0 Å². The Hall–Kier alpha value is -0.640. The van der Waals surface area contributed by atoms with E-state index in [9.17, 15) is 5.11 Å². The summed E-state index contributed by atoms with van der Waals surface area (Å²) in [6.45, 7) is 11.0. The summed E-state index contributed by atoms with van der Waals surface area (Å²) < 4.78 is 7.01. The van der Waals surface area contributed by atoms with Crippen LogP contribution in [0.1, 0.15) is 85.5 Å². The third kappa shape index (κ3) is 3.02. The van der Waals surface area contributed by atoms with Crippen molar-refractivity contribution in [1.29, 1.82) is 0 Å². The summed E-state index contributed by atoms with van der Waals surface area (Å²) in [5, 5.41) is 14.1. The van der Waals surface area contributed by atoms with Gasteiger partial charge in [-0.2, -0.15) is 0 Å². The minimum atomic E-state index is -0.107. The number of allylic oxidation sites excluding steroid dienone is 2. The fourth-order valence-electron chi connectivity index (χ4n) is 9.21. The maximum Gasteiger partial charge on any atom is 0.0765 e. The smallest absolute Gasteiger partial charge is 0.0765 e. The average Bonchev–Trinajstić information content (AvgIpc) is 3.19. The Kier molecular flexibility index (Phi) is 4.85. The second-order valence-corrected chi connectivity index (χ2v) is 12.7. The minimum absolute atomic E-state index is 0.0534. The first kappa shape index (κ1) is 20.9. The van der Waals surface area contributed by atoms with E-state index in [0.29, 0.717) is 23.5 Å². The SMILES string of the molecule is CC1=C2CC3[C@@H](CC=C4C[C@@H](O)CC[C@@]43C)[C@@H]2CC[C@@]2(C1)O[C@@H]1C[C@H](C)CN[C@H]1[C@H]2C. The third-order valence-electron chi connectivity index (χ3n) is 11.0. The Balaban J connectivity index is 1.28. The topological polar surface area (TPSA) is 41.5 Å². The molecule has 31 heavy (non-hydrogen) atoms. The van der Waals surface area contributed by atoms with E-state index in [-0.39, 0.29) is 11.7 Å². The van der Waals surface area contributed by atoms with Gasteiger partial charge in [0.2, 0.25) is 0 Å². The van der Waals surface area contributed by atoms with Gasteiger partial charge in [-0.05, 0) is 100 Å². The second-order valence-electron chi connectivity index (χ2n) is 12.7. The fraction of sp³-hybridized carbons (Fsp3) is 0.857. The predicted molar refractivity (Wildman–Crippen MR) is 125 cm³/mol. The first-order valence-corrected chi connectivity index (χ1v) is 13.3. The van der Waals surface area contributed by atoms with Crippen molar-refractivity contribution >= 4 is 0 Å². The van der Waals surface area contributed by atoms with Gasteiger partial charge in [0.05, 0.1) is 17.8 Å². The molecule has 3 heteroatoms. The Morgan fingerprint density at radius 1 is 1.16 bits per heavy atom. The predicted octanol–water partition coefficient (Wildman–Crippen LogP) is 5.39. The van der Waals surface area contributed by atoms with Gasteiger partial charge in [0.1, 0.15) is 0 Å². The number of ether oxygens (including phenoxy) is 1. The summed E-state index contributed by atoms with van der Waals surface area (Å²) in [4.78, 5) is 0. The van der Waals surface area contributed by atoms with Gasteiger partial charge in [-0.15, -0.1) is 0 Å². The molecule has 4 aliphatic carbocycles. The van der Waals surface area contributed by atoms with Gasteiger partial charge in [-0.25, -0.2) is 0 Å². The van der Waals surface area contributed by atoms with E-state index in [0.717, 1.165) is 49.5 Å². The van der Waals surface area contributed by atoms with Crippen molar-refractivity contribution in [1.82, 2.24) is 5.32 Å². The van der Waals surface area contributed by atoms with Crippen LogP contribution >= 0.6 is 0 Å². The fourth-order valence-corrected chi connectivity index (χ4v) is 9.21. The molecule has 172 valence electrons. The van der Waals surface area contributed by atoms with Crippen LogP contribution in [0.2, 0.25) is 0 Å². The number of aliphatic hydroxyl groups excluding tert-OH is 1. The highest BCUT2D eigenvalue weighted by atomic mass is 16.5. The maximum atomic E-state index is 10.3. The summed E-state index contributed by atoms with van der Waals surface area (Å²) in [7, 11) is 0. The van der Waals surface area contributed by atoms with Crippen LogP contribution in [0.15, 0.2) is 22.8 Å². The lowest BCUT2D eigenvalue weighted by atomic mass is 9.56. The van der Waals surface area contributed by atoms with E-state index in [1.165, 1.54) is 38.5 Å². The van der Waals surface area contributed by atoms with Gasteiger partial charge in [-0.1, -0.05) is 43.6 Å². The number of nitrogens with one attached hydrogen (secondary N) is 1. The quantitative estimate of drug-likeness (QED) is 0.511. The molecule has 0 aromatic rings. The molecule has 2 saturated heterocycles. The van der Waals surface area contributed by atoms with Crippen LogP contribution < -0.4 is 5.32 Å². The Bertz CT molecular complexity index is 816. The first-order chi connectivity index (χ1) is 14.8. The number of piperidine rings is 1. The zero-order valence-corrected chi connectivity index (χ0v) is 20.1. The van der Waals surface area contributed by atoms with Gasteiger partial charge in [0.15, 0.2) is 0 Å². The Morgan fingerprint density at radius 3 is 2.84 bits per heavy atom. The van der Waals surface area contributed by atoms with Crippen molar-refractivity contribution in [2.75, 3.05) is 6.54 Å². The molecular weight excluding hydrogens is 382 g/mol. The highest BCUT2D eigenvalue weighted by molar-refractivity contribution is 5.33. The normalized spacial score (nSPS) is 54.0. The van der Waals surface area contributed by atoms with Crippen LogP contribution in [-0.2, 0) is 4.74 Å². The molecule has 6 aliphatic rings. The molecule has 1 unspecified atom stereocenters. The van der Waals surface area contributed by atoms with Gasteiger partial charge in [0, 0.05) is 12.0 Å². The van der Waals surface area contributed by atoms with Crippen molar-refractivity contribution in [3.63, 3.8) is 0 Å². The molecular formula is C28H43NO2. The summed E-state index contributed by atoms with van der Waals surface area (Å²) in [6.07, 6.45) is 13.4. The van der Waals surface area contributed by atoms with E-state index < -0.39 is 0 Å². The van der Waals surface area contributed by atoms with Gasteiger partial charge in [0.25, 0.3) is 0 Å². The molecule has 10 atom stereocenters. The van der Waals surface area contributed by atoms with Gasteiger partial charge >= 0.3 is 0 Å². The molecule has 2 heterocycles. The molecule has 2 N–H and O–H groups in total. The van der Waals surface area contributed by atoms with Gasteiger partial charge in [-0.3, -0.25) is 0 Å². The van der Waals surface area contributed by atoms with Gasteiger partial charge < -0.3 is 15.2 Å². The van der Waals surface area contributed by atoms with Crippen LogP contribution in [0.25, 0.3) is 0 Å². The molecule has 0 amide bonds. The molecule has 0 radical (unpaired) electrons. The van der Waals surface area contributed by atoms with E-state index in [1.807, 2.05) is 0 Å². The molecule has 3 nitrogen and oxygen atoms in total. The molecule has 2 aliphatic heterocycles. The van der Waals surface area contributed by atoms with Crippen LogP contribution in [-0.4, -0.2) is 35.5 Å². The van der Waals surface area contributed by atoms with Crippen molar-refractivity contribution < 1.29 is 9.84 Å². The van der Waals surface area contributed by atoms with E-state index in [1.54, 1.807) is 16.7 Å². The van der Waals surface area contributed by atoms with Crippen LogP contribution in [0.4, 0.5) is 0 Å². The lowest BCUT2D eigenvalue weighted by Crippen LogP contribution is -2.48. The molecule has 0 aromatic carbocycles. The number of hydrogen-bond acceptors (Lipinski definition) is 3. The molecule has 6 rings (SSSR count). The maximum absolute atomic E-state index is 10.3. The van der Waals surface area contributed by atoms with Crippen molar-refractivity contribution in [2.24, 2.45) is 35.0 Å². The number of fused-ring (bicyclic) bond motifs is 6. The second kappa shape index (κ2) is 7.18. The highest BCUT2D eigenvalue weighted by Crippen LogP contribution is 2.63. The molecule has 4 fully saturated rings. The number of aliphatic hydroxyl groups is 1. The van der Waals surface area contributed by atoms with Crippen LogP contribution in [0.3, 0.4) is 0 Å². The monoisotopic (exact) mass is 425 g/mol. The first-order valence-electron chi connectivity index (χ1n) is 13.3. The summed E-state index contributed by atoms with van der Waals surface area (Å²) in [6, 6.07) is 0.549. The average molecular weight is 426 g/mol. The van der Waals surface area contributed by atoms with E-state index in [2.05, 4.69) is 39.1 Å². The van der Waals surface area contributed by atoms with E-state index in [4.69, 9.17) is 4.74 Å². The summed E-state index contributed by atoms with van der Waals surface area (Å²) in [5.41, 5.74) is 5.43. The molecule has 1 spiro atoms. The largest absolute Gasteiger partial charge is 0.393 e. The van der Waals surface area contributed by atoms with Crippen LogP contribution in [0.5, 0.6) is 0 Å². The summed E-state index contributed by atoms with van der Waals surface area (Å²) >= 11 is 0. The summed E-state index contributed by atoms with van der Waals surface area (Å²) in [5.74, 6) is 3.69. The van der Waals surface area contributed by atoms with Crippen molar-refractivity contribution in [2.45, 2.75) is 109 Å². The molecule has 0 aromatic heterocycles. The van der Waals surface area contributed by atoms with Crippen molar-refractivity contribution in [3.05, 3.63) is 22.8 Å². The minimum Gasteiger partial charge on any atom is -0.393 e. The zero-order chi connectivity index (χ0) is 21.5. The number of rotatable bonds is 0. The molecule has 2 saturated carbocycles. The Morgan fingerprint density at radius 2 is 2.00 bits per heavy atom. The Labute approximate surface area is 189 Å². The van der Waals surface area contributed by atoms with Crippen molar-refractivity contribution in [3.8, 4) is 0 Å². The highest BCUT2D eigenvalue weighted by Gasteiger charge is 2.58. The van der Waals surface area contributed by atoms with E-state index >= 15 is 0 Å². The number of hydrogen-bond donors (Lipinski definition) is 2. The standard InChI is InChI=1S/C28H43NO2/c1-16-11-25-26(29-15-16)18(3)28(31-25)10-8-21-22-6-5-19-12-20(30)7-9-27(19,4)24(22)13-23(21)17(2)14-28/h5,16,18,20-22,24-26,29-30H,6-15H2,1-4H3/t16-,18+,20-,21-,22-,24?,25+,26-,27-,28-/m0/s1. The lowest BCUT2D eigenvalue weighted by molar-refractivity contribution is -0.0720. The molecule has 0 bridgehead atoms. The third-order valence-corrected chi connectivity index (χ3v) is 11.0.